The van der Waals surface area contributed by atoms with Crippen LogP contribution in [0.3, 0.4) is 0 Å². The van der Waals surface area contributed by atoms with Gasteiger partial charge in [0.2, 0.25) is 10.0 Å². The van der Waals surface area contributed by atoms with Crippen LogP contribution in [-0.2, 0) is 10.0 Å². The first-order valence-electron chi connectivity index (χ1n) is 6.77. The van der Waals surface area contributed by atoms with Gasteiger partial charge in [0.05, 0.1) is 0 Å². The minimum Gasteiger partial charge on any atom is -0.312 e. The molecule has 2 atom stereocenters. The summed E-state index contributed by atoms with van der Waals surface area (Å²) in [5.74, 6) is -3.77. The predicted molar refractivity (Wildman–Crippen MR) is 69.6 cm³/mol. The average Bonchev–Trinajstić information content (AvgIpc) is 2.81. The monoisotopic (exact) mass is 320 g/mol. The van der Waals surface area contributed by atoms with Gasteiger partial charge in [0.1, 0.15) is 17.5 Å². The van der Waals surface area contributed by atoms with Crippen LogP contribution >= 0.6 is 0 Å². The summed E-state index contributed by atoms with van der Waals surface area (Å²) in [7, 11) is -4.30. The van der Waals surface area contributed by atoms with Crippen molar-refractivity contribution in [1.29, 1.82) is 0 Å². The third kappa shape index (κ3) is 2.56. The first kappa shape index (κ1) is 14.8. The third-order valence-electron chi connectivity index (χ3n) is 4.13. The van der Waals surface area contributed by atoms with E-state index in [1.165, 1.54) is 0 Å². The average molecular weight is 320 g/mol. The molecule has 2 fully saturated rings. The topological polar surface area (TPSA) is 49.4 Å². The number of nitrogens with one attached hydrogen (secondary N) is 1. The molecular weight excluding hydrogens is 305 g/mol. The fourth-order valence-electron chi connectivity index (χ4n) is 3.11. The maximum Gasteiger partial charge on any atom is 0.248 e. The van der Waals surface area contributed by atoms with Crippen molar-refractivity contribution in [3.8, 4) is 0 Å². The zero-order valence-electron chi connectivity index (χ0n) is 11.2. The van der Waals surface area contributed by atoms with E-state index in [2.05, 4.69) is 5.32 Å². The molecule has 0 radical (unpaired) electrons. The Kier molecular flexibility index (Phi) is 3.71. The lowest BCUT2D eigenvalue weighted by molar-refractivity contribution is 0.339. The van der Waals surface area contributed by atoms with E-state index in [0.29, 0.717) is 12.1 Å². The minimum absolute atomic E-state index is 0.0140. The number of halogens is 3. The largest absolute Gasteiger partial charge is 0.312 e. The van der Waals surface area contributed by atoms with Crippen LogP contribution in [0.25, 0.3) is 0 Å². The maximum atomic E-state index is 13.7. The third-order valence-corrected chi connectivity index (χ3v) is 6.01. The van der Waals surface area contributed by atoms with Gasteiger partial charge in [-0.05, 0) is 25.3 Å². The zero-order valence-corrected chi connectivity index (χ0v) is 12.0. The van der Waals surface area contributed by atoms with Crippen molar-refractivity contribution in [2.45, 2.75) is 23.8 Å². The Morgan fingerprint density at radius 1 is 1.14 bits per heavy atom. The van der Waals surface area contributed by atoms with Gasteiger partial charge < -0.3 is 5.32 Å². The van der Waals surface area contributed by atoms with Crippen molar-refractivity contribution < 1.29 is 21.6 Å². The van der Waals surface area contributed by atoms with Crippen LogP contribution < -0.4 is 5.32 Å². The van der Waals surface area contributed by atoms with Crippen LogP contribution in [0.15, 0.2) is 17.0 Å². The summed E-state index contributed by atoms with van der Waals surface area (Å²) in [6.07, 6.45) is 1.84. The Labute approximate surface area is 121 Å². The van der Waals surface area contributed by atoms with Gasteiger partial charge in [0.15, 0.2) is 4.90 Å². The first-order chi connectivity index (χ1) is 9.89. The number of hydrogen-bond acceptors (Lipinski definition) is 3. The molecule has 0 aliphatic carbocycles. The lowest BCUT2D eigenvalue weighted by Gasteiger charge is -2.24. The normalized spacial score (nSPS) is 26.8. The molecule has 1 aromatic carbocycles. The Bertz CT molecular complexity index is 628. The molecule has 0 aromatic heterocycles. The number of benzene rings is 1. The summed E-state index contributed by atoms with van der Waals surface area (Å²) in [6, 6.07) is 0.786. The van der Waals surface area contributed by atoms with Crippen molar-refractivity contribution in [3.63, 3.8) is 0 Å². The highest BCUT2D eigenvalue weighted by molar-refractivity contribution is 7.89. The second kappa shape index (κ2) is 5.26. The molecule has 0 saturated carbocycles. The minimum atomic E-state index is -4.30. The Morgan fingerprint density at radius 2 is 1.81 bits per heavy atom. The van der Waals surface area contributed by atoms with Crippen LogP contribution in [-0.4, -0.2) is 38.4 Å². The molecule has 2 aliphatic heterocycles. The van der Waals surface area contributed by atoms with Crippen LogP contribution in [0.1, 0.15) is 12.8 Å². The Hall–Kier alpha value is -1.12. The first-order valence-corrected chi connectivity index (χ1v) is 8.21. The second-order valence-corrected chi connectivity index (χ2v) is 7.36. The molecular formula is C13H15F3N2O2S. The van der Waals surface area contributed by atoms with E-state index < -0.39 is 32.4 Å². The predicted octanol–water partition coefficient (Wildman–Crippen LogP) is 1.48. The summed E-state index contributed by atoms with van der Waals surface area (Å²) in [4.78, 5) is -1.07. The molecule has 0 amide bonds. The van der Waals surface area contributed by atoms with Crippen molar-refractivity contribution in [1.82, 2.24) is 9.62 Å². The van der Waals surface area contributed by atoms with Gasteiger partial charge in [-0.1, -0.05) is 0 Å². The quantitative estimate of drug-likeness (QED) is 0.898. The number of fused-ring (bicyclic) bond motifs is 1. The van der Waals surface area contributed by atoms with Gasteiger partial charge in [-0.25, -0.2) is 21.6 Å². The summed E-state index contributed by atoms with van der Waals surface area (Å²) in [5.41, 5.74) is 0. The highest BCUT2D eigenvalue weighted by Crippen LogP contribution is 2.31. The molecule has 2 heterocycles. The lowest BCUT2D eigenvalue weighted by Crippen LogP contribution is -2.41. The van der Waals surface area contributed by atoms with Crippen LogP contribution in [0.5, 0.6) is 0 Å². The molecule has 0 spiro atoms. The second-order valence-electron chi connectivity index (χ2n) is 5.48. The van der Waals surface area contributed by atoms with Crippen molar-refractivity contribution in [2.75, 3.05) is 19.6 Å². The number of sulfonamides is 1. The summed E-state index contributed by atoms with van der Waals surface area (Å²) >= 11 is 0. The lowest BCUT2D eigenvalue weighted by atomic mass is 9.94. The highest BCUT2D eigenvalue weighted by Gasteiger charge is 2.42. The molecule has 3 rings (SSSR count). The van der Waals surface area contributed by atoms with Crippen LogP contribution in [0.4, 0.5) is 13.2 Å². The van der Waals surface area contributed by atoms with E-state index in [-0.39, 0.29) is 25.0 Å². The molecule has 2 aliphatic rings. The van der Waals surface area contributed by atoms with E-state index in [0.717, 1.165) is 23.7 Å². The van der Waals surface area contributed by atoms with Crippen LogP contribution in [0.2, 0.25) is 0 Å². The highest BCUT2D eigenvalue weighted by atomic mass is 32.2. The number of rotatable bonds is 2. The summed E-state index contributed by atoms with van der Waals surface area (Å²) in [5, 5.41) is 3.22. The molecule has 2 saturated heterocycles. The fourth-order valence-corrected chi connectivity index (χ4v) is 4.72. The molecule has 116 valence electrons. The van der Waals surface area contributed by atoms with E-state index in [1.807, 2.05) is 0 Å². The molecule has 1 N–H and O–H groups in total. The molecule has 1 aromatic rings. The van der Waals surface area contributed by atoms with Gasteiger partial charge >= 0.3 is 0 Å². The van der Waals surface area contributed by atoms with Gasteiger partial charge in [0, 0.05) is 31.3 Å². The standard InChI is InChI=1S/C13H15F3N2O2S/c14-9-4-10(15)13(11(16)5-9)21(19,20)18-6-8-2-1-3-17-12(8)7-18/h4-5,8,12,17H,1-3,6-7H2. The van der Waals surface area contributed by atoms with E-state index in [9.17, 15) is 21.6 Å². The van der Waals surface area contributed by atoms with Gasteiger partial charge in [-0.15, -0.1) is 0 Å². The molecule has 2 unspecified atom stereocenters. The van der Waals surface area contributed by atoms with Gasteiger partial charge in [-0.3, -0.25) is 0 Å². The van der Waals surface area contributed by atoms with Crippen molar-refractivity contribution >= 4 is 10.0 Å². The van der Waals surface area contributed by atoms with Crippen molar-refractivity contribution in [2.24, 2.45) is 5.92 Å². The Balaban J connectivity index is 1.95. The van der Waals surface area contributed by atoms with Crippen molar-refractivity contribution in [3.05, 3.63) is 29.6 Å². The van der Waals surface area contributed by atoms with E-state index in [1.54, 1.807) is 0 Å². The summed E-state index contributed by atoms with van der Waals surface area (Å²) in [6.45, 7) is 1.23. The van der Waals surface area contributed by atoms with Gasteiger partial charge in [-0.2, -0.15) is 4.31 Å². The number of nitrogens with zero attached hydrogens (tertiary/aromatic N) is 1. The van der Waals surface area contributed by atoms with E-state index >= 15 is 0 Å². The molecule has 0 bridgehead atoms. The molecule has 8 heteroatoms. The number of hydrogen-bond donors (Lipinski definition) is 1. The molecule has 4 nitrogen and oxygen atoms in total. The molecule has 21 heavy (non-hydrogen) atoms. The summed E-state index contributed by atoms with van der Waals surface area (Å²) < 4.78 is 66.3. The van der Waals surface area contributed by atoms with Crippen LogP contribution in [0, 0.1) is 23.4 Å². The fraction of sp³-hybridized carbons (Fsp3) is 0.538. The SMILES string of the molecule is O=S(=O)(c1c(F)cc(F)cc1F)N1CC2CCCNC2C1. The Morgan fingerprint density at radius 3 is 2.43 bits per heavy atom. The number of piperidine rings is 1. The smallest absolute Gasteiger partial charge is 0.248 e. The zero-order chi connectivity index (χ0) is 15.2. The van der Waals surface area contributed by atoms with E-state index in [4.69, 9.17) is 0 Å². The maximum absolute atomic E-state index is 13.7. The van der Waals surface area contributed by atoms with Gasteiger partial charge in [0.25, 0.3) is 0 Å².